The molecule has 0 radical (unpaired) electrons. The summed E-state index contributed by atoms with van der Waals surface area (Å²) >= 11 is 0. The number of hydrogen-bond acceptors (Lipinski definition) is 4. The molecule has 0 aromatic heterocycles. The van der Waals surface area contributed by atoms with Crippen LogP contribution in [0.25, 0.3) is 0 Å². The second kappa shape index (κ2) is 7.56. The molecule has 0 aliphatic heterocycles. The van der Waals surface area contributed by atoms with Crippen LogP contribution in [-0.2, 0) is 4.79 Å². The standard InChI is InChI=1S/C16H23FN2O3/c17-12-4-6-14(7-5-12)22-11-13(20)10-19-15(21)16(18)8-2-1-3-9-16/h4-7,13,20H,1-3,8-11,18H2,(H,19,21). The van der Waals surface area contributed by atoms with Gasteiger partial charge >= 0.3 is 0 Å². The highest BCUT2D eigenvalue weighted by Gasteiger charge is 2.35. The van der Waals surface area contributed by atoms with Crippen LogP contribution in [0.5, 0.6) is 5.75 Å². The number of aliphatic hydroxyl groups excluding tert-OH is 1. The van der Waals surface area contributed by atoms with Gasteiger partial charge in [0.1, 0.15) is 24.3 Å². The number of nitrogens with two attached hydrogens (primary N) is 1. The van der Waals surface area contributed by atoms with Gasteiger partial charge in [-0.25, -0.2) is 4.39 Å². The molecular weight excluding hydrogens is 287 g/mol. The Kier molecular flexibility index (Phi) is 5.74. The Balaban J connectivity index is 1.71. The van der Waals surface area contributed by atoms with Gasteiger partial charge in [0.2, 0.25) is 5.91 Å². The molecule has 1 fully saturated rings. The molecule has 1 amide bonds. The summed E-state index contributed by atoms with van der Waals surface area (Å²) in [7, 11) is 0. The van der Waals surface area contributed by atoms with E-state index < -0.39 is 11.6 Å². The molecule has 1 aliphatic rings. The fourth-order valence-electron chi connectivity index (χ4n) is 2.58. The van der Waals surface area contributed by atoms with Crippen molar-refractivity contribution < 1.29 is 19.0 Å². The van der Waals surface area contributed by atoms with Crippen LogP contribution in [-0.4, -0.2) is 35.8 Å². The molecule has 0 spiro atoms. The van der Waals surface area contributed by atoms with E-state index in [-0.39, 0.29) is 24.9 Å². The summed E-state index contributed by atoms with van der Waals surface area (Å²) in [4.78, 5) is 12.1. The van der Waals surface area contributed by atoms with Gasteiger partial charge in [-0.05, 0) is 37.1 Å². The van der Waals surface area contributed by atoms with E-state index in [1.54, 1.807) is 0 Å². The molecule has 1 atom stereocenters. The first-order valence-electron chi connectivity index (χ1n) is 7.63. The zero-order valence-electron chi connectivity index (χ0n) is 12.6. The lowest BCUT2D eigenvalue weighted by molar-refractivity contribution is -0.128. The maximum absolute atomic E-state index is 12.7. The van der Waals surface area contributed by atoms with Gasteiger partial charge in [0.15, 0.2) is 0 Å². The molecule has 5 nitrogen and oxygen atoms in total. The van der Waals surface area contributed by atoms with Gasteiger partial charge in [0, 0.05) is 6.54 Å². The summed E-state index contributed by atoms with van der Waals surface area (Å²) in [6, 6.07) is 5.53. The van der Waals surface area contributed by atoms with Crippen molar-refractivity contribution in [3.05, 3.63) is 30.1 Å². The average molecular weight is 310 g/mol. The first-order chi connectivity index (χ1) is 10.5. The number of aliphatic hydroxyl groups is 1. The zero-order valence-corrected chi connectivity index (χ0v) is 12.6. The molecular formula is C16H23FN2O3. The Bertz CT molecular complexity index is 487. The number of benzene rings is 1. The number of rotatable bonds is 6. The van der Waals surface area contributed by atoms with Crippen LogP contribution in [0.4, 0.5) is 4.39 Å². The van der Waals surface area contributed by atoms with Crippen LogP contribution in [0.3, 0.4) is 0 Å². The Morgan fingerprint density at radius 3 is 2.59 bits per heavy atom. The normalized spacial score (nSPS) is 18.5. The van der Waals surface area contributed by atoms with E-state index in [0.29, 0.717) is 18.6 Å². The van der Waals surface area contributed by atoms with Gasteiger partial charge in [-0.1, -0.05) is 19.3 Å². The third-order valence-corrected chi connectivity index (χ3v) is 3.95. The Labute approximate surface area is 129 Å². The minimum atomic E-state index is -0.846. The van der Waals surface area contributed by atoms with Crippen molar-refractivity contribution in [3.63, 3.8) is 0 Å². The number of nitrogens with one attached hydrogen (secondary N) is 1. The summed E-state index contributed by atoms with van der Waals surface area (Å²) in [5.74, 6) is -0.0942. The lowest BCUT2D eigenvalue weighted by Gasteiger charge is -2.32. The summed E-state index contributed by atoms with van der Waals surface area (Å²) in [6.45, 7) is 0.0997. The zero-order chi connectivity index (χ0) is 16.0. The number of hydrogen-bond donors (Lipinski definition) is 3. The second-order valence-electron chi connectivity index (χ2n) is 5.85. The van der Waals surface area contributed by atoms with E-state index in [9.17, 15) is 14.3 Å². The Morgan fingerprint density at radius 1 is 1.32 bits per heavy atom. The van der Waals surface area contributed by atoms with Crippen molar-refractivity contribution in [3.8, 4) is 5.75 Å². The van der Waals surface area contributed by atoms with Crippen molar-refractivity contribution in [2.75, 3.05) is 13.2 Å². The molecule has 2 rings (SSSR count). The molecule has 1 aromatic rings. The SMILES string of the molecule is NC1(C(=O)NCC(O)COc2ccc(F)cc2)CCCCC1. The van der Waals surface area contributed by atoms with Gasteiger partial charge in [0.25, 0.3) is 0 Å². The van der Waals surface area contributed by atoms with Gasteiger partial charge in [-0.2, -0.15) is 0 Å². The number of ether oxygens (including phenoxy) is 1. The Hall–Kier alpha value is -1.66. The number of carbonyl (C=O) groups is 1. The molecule has 1 aliphatic carbocycles. The lowest BCUT2D eigenvalue weighted by Crippen LogP contribution is -2.56. The Morgan fingerprint density at radius 2 is 1.95 bits per heavy atom. The fourth-order valence-corrected chi connectivity index (χ4v) is 2.58. The minimum Gasteiger partial charge on any atom is -0.491 e. The van der Waals surface area contributed by atoms with Crippen LogP contribution in [0.15, 0.2) is 24.3 Å². The van der Waals surface area contributed by atoms with Crippen LogP contribution in [0.2, 0.25) is 0 Å². The third-order valence-electron chi connectivity index (χ3n) is 3.95. The number of amides is 1. The van der Waals surface area contributed by atoms with Gasteiger partial charge in [-0.15, -0.1) is 0 Å². The highest BCUT2D eigenvalue weighted by Crippen LogP contribution is 2.25. The smallest absolute Gasteiger partial charge is 0.240 e. The second-order valence-corrected chi connectivity index (χ2v) is 5.85. The summed E-state index contributed by atoms with van der Waals surface area (Å²) in [5, 5.41) is 12.5. The molecule has 22 heavy (non-hydrogen) atoms. The summed E-state index contributed by atoms with van der Waals surface area (Å²) in [5.41, 5.74) is 5.30. The molecule has 122 valence electrons. The third kappa shape index (κ3) is 4.68. The van der Waals surface area contributed by atoms with Gasteiger partial charge in [0.05, 0.1) is 5.54 Å². The van der Waals surface area contributed by atoms with E-state index in [2.05, 4.69) is 5.32 Å². The highest BCUT2D eigenvalue weighted by atomic mass is 19.1. The monoisotopic (exact) mass is 310 g/mol. The predicted molar refractivity (Wildman–Crippen MR) is 80.9 cm³/mol. The first-order valence-corrected chi connectivity index (χ1v) is 7.63. The van der Waals surface area contributed by atoms with E-state index in [1.807, 2.05) is 0 Å². The van der Waals surface area contributed by atoms with E-state index >= 15 is 0 Å². The minimum absolute atomic E-state index is 0.0173. The van der Waals surface area contributed by atoms with Crippen molar-refractivity contribution in [1.82, 2.24) is 5.32 Å². The van der Waals surface area contributed by atoms with Crippen LogP contribution in [0, 0.1) is 5.82 Å². The molecule has 6 heteroatoms. The van der Waals surface area contributed by atoms with Crippen molar-refractivity contribution in [2.24, 2.45) is 5.73 Å². The van der Waals surface area contributed by atoms with Gasteiger partial charge < -0.3 is 20.9 Å². The first kappa shape index (κ1) is 16.7. The quantitative estimate of drug-likeness (QED) is 0.740. The van der Waals surface area contributed by atoms with E-state index in [1.165, 1.54) is 24.3 Å². The molecule has 4 N–H and O–H groups in total. The summed E-state index contributed by atoms with van der Waals surface area (Å²) in [6.07, 6.45) is 3.55. The van der Waals surface area contributed by atoms with Crippen molar-refractivity contribution >= 4 is 5.91 Å². The molecule has 1 unspecified atom stereocenters. The van der Waals surface area contributed by atoms with Crippen LogP contribution in [0.1, 0.15) is 32.1 Å². The molecule has 0 bridgehead atoms. The van der Waals surface area contributed by atoms with Crippen LogP contribution >= 0.6 is 0 Å². The van der Waals surface area contributed by atoms with E-state index in [4.69, 9.17) is 10.5 Å². The largest absolute Gasteiger partial charge is 0.491 e. The van der Waals surface area contributed by atoms with Crippen molar-refractivity contribution in [1.29, 1.82) is 0 Å². The maximum Gasteiger partial charge on any atom is 0.240 e. The molecule has 1 aromatic carbocycles. The van der Waals surface area contributed by atoms with Crippen molar-refractivity contribution in [2.45, 2.75) is 43.7 Å². The molecule has 0 saturated heterocycles. The molecule has 0 heterocycles. The average Bonchev–Trinajstić information content (AvgIpc) is 2.52. The maximum atomic E-state index is 12.7. The highest BCUT2D eigenvalue weighted by molar-refractivity contribution is 5.86. The molecule has 1 saturated carbocycles. The lowest BCUT2D eigenvalue weighted by atomic mass is 9.82. The number of carbonyl (C=O) groups excluding carboxylic acids is 1. The fraction of sp³-hybridized carbons (Fsp3) is 0.562. The topological polar surface area (TPSA) is 84.6 Å². The van der Waals surface area contributed by atoms with E-state index in [0.717, 1.165) is 19.3 Å². The summed E-state index contributed by atoms with van der Waals surface area (Å²) < 4.78 is 18.1. The predicted octanol–water partition coefficient (Wildman–Crippen LogP) is 1.34. The van der Waals surface area contributed by atoms with Crippen LogP contribution < -0.4 is 15.8 Å². The number of halogens is 1. The van der Waals surface area contributed by atoms with Gasteiger partial charge in [-0.3, -0.25) is 4.79 Å².